The van der Waals surface area contributed by atoms with E-state index in [2.05, 4.69) is 17.1 Å². The molecule has 1 aromatic carbocycles. The van der Waals surface area contributed by atoms with Crippen LogP contribution in [0.25, 0.3) is 11.3 Å². The summed E-state index contributed by atoms with van der Waals surface area (Å²) in [5.41, 5.74) is 3.46. The number of rotatable bonds is 2. The van der Waals surface area contributed by atoms with E-state index in [0.717, 1.165) is 24.1 Å². The van der Waals surface area contributed by atoms with Gasteiger partial charge in [0.25, 0.3) is 0 Å². The Morgan fingerprint density at radius 2 is 2.06 bits per heavy atom. The molecule has 3 rings (SSSR count). The summed E-state index contributed by atoms with van der Waals surface area (Å²) >= 11 is 1.54. The molecule has 0 atom stereocenters. The molecule has 0 amide bonds. The molecule has 0 radical (unpaired) electrons. The number of thiazole rings is 1. The van der Waals surface area contributed by atoms with Crippen LogP contribution in [0.3, 0.4) is 0 Å². The molecule has 0 N–H and O–H groups in total. The van der Waals surface area contributed by atoms with Crippen LogP contribution < -0.4 is 0 Å². The van der Waals surface area contributed by atoms with E-state index in [1.807, 2.05) is 12.1 Å². The highest BCUT2D eigenvalue weighted by Crippen LogP contribution is 2.36. The zero-order valence-electron chi connectivity index (χ0n) is 10.0. The molecular weight excluding hydrogens is 266 g/mol. The second-order valence-corrected chi connectivity index (χ2v) is 7.91. The van der Waals surface area contributed by atoms with E-state index in [0.29, 0.717) is 5.01 Å². The first-order valence-electron chi connectivity index (χ1n) is 5.77. The molecule has 1 aliphatic rings. The highest BCUT2D eigenvalue weighted by atomic mass is 32.2. The van der Waals surface area contributed by atoms with Crippen LogP contribution in [0.4, 0.5) is 0 Å². The summed E-state index contributed by atoms with van der Waals surface area (Å²) in [4.78, 5) is 5.73. The Labute approximate surface area is 110 Å². The normalized spacial score (nSPS) is 14.1. The van der Waals surface area contributed by atoms with Gasteiger partial charge in [-0.3, -0.25) is 0 Å². The smallest absolute Gasteiger partial charge is 0.153 e. The Bertz CT molecular complexity index is 702. The Balaban J connectivity index is 2.07. The third kappa shape index (κ3) is 2.20. The van der Waals surface area contributed by atoms with Crippen molar-refractivity contribution in [3.63, 3.8) is 0 Å². The molecule has 0 aliphatic heterocycles. The van der Waals surface area contributed by atoms with Crippen LogP contribution in [0.5, 0.6) is 0 Å². The fraction of sp³-hybridized carbons (Fsp3) is 0.308. The van der Waals surface area contributed by atoms with Crippen molar-refractivity contribution < 1.29 is 8.42 Å². The molecule has 94 valence electrons. The van der Waals surface area contributed by atoms with Crippen LogP contribution in [0.15, 0.2) is 24.3 Å². The minimum Gasteiger partial charge on any atom is -0.240 e. The zero-order chi connectivity index (χ0) is 12.8. The van der Waals surface area contributed by atoms with Gasteiger partial charge < -0.3 is 0 Å². The van der Waals surface area contributed by atoms with E-state index < -0.39 is 9.84 Å². The van der Waals surface area contributed by atoms with E-state index in [4.69, 9.17) is 0 Å². The maximum atomic E-state index is 11.3. The van der Waals surface area contributed by atoms with Crippen molar-refractivity contribution in [3.8, 4) is 11.3 Å². The summed E-state index contributed by atoms with van der Waals surface area (Å²) in [6.45, 7) is 0. The maximum absolute atomic E-state index is 11.3. The van der Waals surface area contributed by atoms with Crippen LogP contribution in [-0.4, -0.2) is 19.7 Å². The lowest BCUT2D eigenvalue weighted by atomic mass is 9.94. The first kappa shape index (κ1) is 11.9. The van der Waals surface area contributed by atoms with Crippen molar-refractivity contribution in [1.82, 2.24) is 4.98 Å². The fourth-order valence-corrected chi connectivity index (χ4v) is 4.55. The topological polar surface area (TPSA) is 47.0 Å². The molecule has 1 aliphatic carbocycles. The quantitative estimate of drug-likeness (QED) is 0.848. The number of nitrogens with zero attached hydrogens (tertiary/aromatic N) is 1. The number of aromatic nitrogens is 1. The molecule has 0 unspecified atom stereocenters. The van der Waals surface area contributed by atoms with Crippen LogP contribution in [0.2, 0.25) is 0 Å². The second kappa shape index (κ2) is 4.17. The molecule has 2 aromatic rings. The van der Waals surface area contributed by atoms with Crippen molar-refractivity contribution in [2.24, 2.45) is 0 Å². The summed E-state index contributed by atoms with van der Waals surface area (Å²) in [5.74, 6) is 0.0484. The van der Waals surface area contributed by atoms with Gasteiger partial charge in [0.2, 0.25) is 0 Å². The minimum atomic E-state index is -3.01. The van der Waals surface area contributed by atoms with Gasteiger partial charge in [0.1, 0.15) is 10.8 Å². The van der Waals surface area contributed by atoms with E-state index in [9.17, 15) is 8.42 Å². The Morgan fingerprint density at radius 3 is 2.83 bits per heavy atom. The molecule has 0 saturated heterocycles. The zero-order valence-corrected chi connectivity index (χ0v) is 11.6. The fourth-order valence-electron chi connectivity index (χ4n) is 2.28. The number of sulfone groups is 1. The number of aryl methyl sites for hydroxylation is 2. The molecule has 1 aromatic heterocycles. The van der Waals surface area contributed by atoms with Gasteiger partial charge in [-0.1, -0.05) is 24.3 Å². The highest BCUT2D eigenvalue weighted by molar-refractivity contribution is 7.90. The second-order valence-electron chi connectivity index (χ2n) is 4.61. The molecule has 0 spiro atoms. The lowest BCUT2D eigenvalue weighted by Gasteiger charge is -2.13. The molecular formula is C13H13NO2S2. The van der Waals surface area contributed by atoms with E-state index in [1.54, 1.807) is 0 Å². The van der Waals surface area contributed by atoms with Crippen molar-refractivity contribution in [2.75, 3.05) is 6.26 Å². The summed E-state index contributed by atoms with van der Waals surface area (Å²) in [5, 5.41) is 0.708. The summed E-state index contributed by atoms with van der Waals surface area (Å²) in [6, 6.07) is 8.22. The molecule has 0 fully saturated rings. The maximum Gasteiger partial charge on any atom is 0.153 e. The standard InChI is InChI=1S/C13H13NO2S2/c1-18(15,16)8-12-14-13-10-5-3-2-4-9(10)6-7-11(13)17-12/h2-5H,6-8H2,1H3. The summed E-state index contributed by atoms with van der Waals surface area (Å²) in [6.07, 6.45) is 3.23. The SMILES string of the molecule is CS(=O)(=O)Cc1nc2c(s1)CCc1ccccc1-2. The summed E-state index contributed by atoms with van der Waals surface area (Å²) < 4.78 is 22.7. The summed E-state index contributed by atoms with van der Waals surface area (Å²) in [7, 11) is -3.01. The minimum absolute atomic E-state index is 0.0484. The van der Waals surface area contributed by atoms with Crippen LogP contribution in [-0.2, 0) is 28.4 Å². The third-order valence-electron chi connectivity index (χ3n) is 3.02. The predicted molar refractivity (Wildman–Crippen MR) is 73.5 cm³/mol. The number of fused-ring (bicyclic) bond motifs is 3. The first-order chi connectivity index (χ1) is 8.53. The van der Waals surface area contributed by atoms with Crippen LogP contribution in [0.1, 0.15) is 15.4 Å². The molecule has 0 bridgehead atoms. The van der Waals surface area contributed by atoms with Gasteiger partial charge >= 0.3 is 0 Å². The van der Waals surface area contributed by atoms with Crippen molar-refractivity contribution in [2.45, 2.75) is 18.6 Å². The Kier molecular flexibility index (Phi) is 2.75. The Morgan fingerprint density at radius 1 is 1.28 bits per heavy atom. The van der Waals surface area contributed by atoms with Gasteiger partial charge in [0.15, 0.2) is 9.84 Å². The number of hydrogen-bond acceptors (Lipinski definition) is 4. The molecule has 0 saturated carbocycles. The van der Waals surface area contributed by atoms with Crippen molar-refractivity contribution in [1.29, 1.82) is 0 Å². The number of hydrogen-bond donors (Lipinski definition) is 0. The number of benzene rings is 1. The monoisotopic (exact) mass is 279 g/mol. The van der Waals surface area contributed by atoms with Gasteiger partial charge in [-0.05, 0) is 18.4 Å². The van der Waals surface area contributed by atoms with Gasteiger partial charge in [-0.15, -0.1) is 11.3 Å². The van der Waals surface area contributed by atoms with Crippen LogP contribution >= 0.6 is 11.3 Å². The average molecular weight is 279 g/mol. The van der Waals surface area contributed by atoms with E-state index in [1.165, 1.54) is 28.0 Å². The van der Waals surface area contributed by atoms with Gasteiger partial charge in [0.05, 0.1) is 5.69 Å². The van der Waals surface area contributed by atoms with Crippen molar-refractivity contribution in [3.05, 3.63) is 39.7 Å². The largest absolute Gasteiger partial charge is 0.240 e. The van der Waals surface area contributed by atoms with Gasteiger partial charge in [0, 0.05) is 16.7 Å². The van der Waals surface area contributed by atoms with Crippen molar-refractivity contribution >= 4 is 21.2 Å². The van der Waals surface area contributed by atoms with E-state index in [-0.39, 0.29) is 5.75 Å². The van der Waals surface area contributed by atoms with Gasteiger partial charge in [-0.2, -0.15) is 0 Å². The first-order valence-corrected chi connectivity index (χ1v) is 8.65. The molecule has 1 heterocycles. The lowest BCUT2D eigenvalue weighted by Crippen LogP contribution is -2.02. The Hall–Kier alpha value is -1.20. The van der Waals surface area contributed by atoms with Crippen LogP contribution in [0, 0.1) is 0 Å². The average Bonchev–Trinajstić information content (AvgIpc) is 2.69. The predicted octanol–water partition coefficient (Wildman–Crippen LogP) is 2.45. The molecule has 18 heavy (non-hydrogen) atoms. The molecule has 5 heteroatoms. The third-order valence-corrected chi connectivity index (χ3v) is 5.12. The van der Waals surface area contributed by atoms with E-state index >= 15 is 0 Å². The lowest BCUT2D eigenvalue weighted by molar-refractivity contribution is 0.601. The van der Waals surface area contributed by atoms with Gasteiger partial charge in [-0.25, -0.2) is 13.4 Å². The highest BCUT2D eigenvalue weighted by Gasteiger charge is 2.21. The molecule has 3 nitrogen and oxygen atoms in total.